The number of pyridine rings is 1. The minimum atomic E-state index is -0.308. The van der Waals surface area contributed by atoms with Crippen LogP contribution < -0.4 is 10.9 Å². The fourth-order valence-electron chi connectivity index (χ4n) is 2.34. The molecule has 1 aromatic heterocycles. The Kier molecular flexibility index (Phi) is 3.99. The van der Waals surface area contributed by atoms with E-state index in [9.17, 15) is 9.59 Å². The number of carbonyl (C=O) groups excluding carboxylic acids is 1. The largest absolute Gasteiger partial charge is 0.347 e. The van der Waals surface area contributed by atoms with Gasteiger partial charge >= 0.3 is 0 Å². The lowest BCUT2D eigenvalue weighted by Gasteiger charge is -2.33. The lowest BCUT2D eigenvalue weighted by Crippen LogP contribution is -2.46. The zero-order valence-electron chi connectivity index (χ0n) is 11.8. The van der Waals surface area contributed by atoms with E-state index in [-0.39, 0.29) is 22.4 Å². The van der Waals surface area contributed by atoms with Crippen molar-refractivity contribution in [1.82, 2.24) is 10.3 Å². The van der Waals surface area contributed by atoms with E-state index in [2.05, 4.69) is 31.1 Å². The number of hydrogen-bond acceptors (Lipinski definition) is 2. The second kappa shape index (κ2) is 4.96. The molecule has 1 amide bonds. The van der Waals surface area contributed by atoms with Crippen molar-refractivity contribution >= 4 is 5.91 Å². The van der Waals surface area contributed by atoms with Crippen LogP contribution in [0, 0.1) is 5.41 Å². The maximum atomic E-state index is 12.0. The Hall–Kier alpha value is -1.58. The molecular weight excluding hydrogens is 228 g/mol. The molecule has 1 rings (SSSR count). The standard InChI is InChI=1S/C14H22N2O2/c1-13(2,3)9-14(4,5)16-12(18)10-6-7-15-11(17)8-10/h6-8H,9H2,1-5H3,(H,15,17)(H,16,18). The number of rotatable bonds is 3. The Morgan fingerprint density at radius 2 is 1.89 bits per heavy atom. The molecule has 0 aliphatic rings. The van der Waals surface area contributed by atoms with Gasteiger partial charge in [-0.2, -0.15) is 0 Å². The monoisotopic (exact) mass is 250 g/mol. The molecule has 4 nitrogen and oxygen atoms in total. The van der Waals surface area contributed by atoms with Gasteiger partial charge in [-0.1, -0.05) is 20.8 Å². The fourth-order valence-corrected chi connectivity index (χ4v) is 2.34. The smallest absolute Gasteiger partial charge is 0.251 e. The number of H-pyrrole nitrogens is 1. The number of carbonyl (C=O) groups is 1. The van der Waals surface area contributed by atoms with Crippen LogP contribution in [-0.2, 0) is 0 Å². The molecule has 0 bridgehead atoms. The lowest BCUT2D eigenvalue weighted by atomic mass is 9.81. The van der Waals surface area contributed by atoms with Crippen LogP contribution in [0.25, 0.3) is 0 Å². The van der Waals surface area contributed by atoms with E-state index < -0.39 is 0 Å². The fraction of sp³-hybridized carbons (Fsp3) is 0.571. The molecule has 0 unspecified atom stereocenters. The number of aromatic amines is 1. The van der Waals surface area contributed by atoms with Crippen LogP contribution in [-0.4, -0.2) is 16.4 Å². The van der Waals surface area contributed by atoms with Gasteiger partial charge < -0.3 is 10.3 Å². The van der Waals surface area contributed by atoms with Crippen LogP contribution in [0.1, 0.15) is 51.4 Å². The second-order valence-corrected chi connectivity index (χ2v) is 6.52. The van der Waals surface area contributed by atoms with Crippen molar-refractivity contribution in [3.05, 3.63) is 34.2 Å². The molecule has 100 valence electrons. The summed E-state index contributed by atoms with van der Waals surface area (Å²) >= 11 is 0. The van der Waals surface area contributed by atoms with E-state index in [1.807, 2.05) is 13.8 Å². The molecule has 18 heavy (non-hydrogen) atoms. The third kappa shape index (κ3) is 4.73. The Balaban J connectivity index is 2.79. The highest BCUT2D eigenvalue weighted by molar-refractivity contribution is 5.94. The van der Waals surface area contributed by atoms with Gasteiger partial charge in [0.05, 0.1) is 0 Å². The molecule has 4 heteroatoms. The van der Waals surface area contributed by atoms with E-state index >= 15 is 0 Å². The predicted molar refractivity (Wildman–Crippen MR) is 72.7 cm³/mol. The Morgan fingerprint density at radius 3 is 2.39 bits per heavy atom. The highest BCUT2D eigenvalue weighted by Gasteiger charge is 2.27. The lowest BCUT2D eigenvalue weighted by molar-refractivity contribution is 0.0891. The summed E-state index contributed by atoms with van der Waals surface area (Å²) in [4.78, 5) is 25.7. The molecule has 0 aliphatic heterocycles. The van der Waals surface area contributed by atoms with Gasteiger partial charge in [0, 0.05) is 23.4 Å². The van der Waals surface area contributed by atoms with Gasteiger partial charge in [-0.25, -0.2) is 0 Å². The summed E-state index contributed by atoms with van der Waals surface area (Å²) in [7, 11) is 0. The van der Waals surface area contributed by atoms with E-state index in [0.29, 0.717) is 5.56 Å². The van der Waals surface area contributed by atoms with Crippen molar-refractivity contribution in [2.45, 2.75) is 46.6 Å². The maximum absolute atomic E-state index is 12.0. The van der Waals surface area contributed by atoms with Crippen molar-refractivity contribution in [1.29, 1.82) is 0 Å². The predicted octanol–water partition coefficient (Wildman–Crippen LogP) is 2.32. The highest BCUT2D eigenvalue weighted by atomic mass is 16.2. The third-order valence-corrected chi connectivity index (χ3v) is 2.46. The number of nitrogens with one attached hydrogen (secondary N) is 2. The number of amides is 1. The quantitative estimate of drug-likeness (QED) is 0.864. The molecule has 0 saturated carbocycles. The summed E-state index contributed by atoms with van der Waals surface area (Å²) in [5, 5.41) is 2.96. The highest BCUT2D eigenvalue weighted by Crippen LogP contribution is 2.26. The Morgan fingerprint density at radius 1 is 1.28 bits per heavy atom. The van der Waals surface area contributed by atoms with Crippen molar-refractivity contribution in [2.75, 3.05) is 0 Å². The van der Waals surface area contributed by atoms with Crippen molar-refractivity contribution in [2.24, 2.45) is 5.41 Å². The van der Waals surface area contributed by atoms with E-state index in [1.54, 1.807) is 6.07 Å². The molecule has 0 radical (unpaired) electrons. The van der Waals surface area contributed by atoms with Gasteiger partial charge in [-0.3, -0.25) is 9.59 Å². The Labute approximate surface area is 108 Å². The van der Waals surface area contributed by atoms with Crippen molar-refractivity contribution in [3.8, 4) is 0 Å². The molecule has 0 fully saturated rings. The van der Waals surface area contributed by atoms with Crippen LogP contribution in [0.15, 0.2) is 23.1 Å². The van der Waals surface area contributed by atoms with Gasteiger partial charge in [0.15, 0.2) is 0 Å². The number of aromatic nitrogens is 1. The Bertz CT molecular complexity index is 481. The van der Waals surface area contributed by atoms with Crippen LogP contribution in [0.2, 0.25) is 0 Å². The zero-order chi connectivity index (χ0) is 14.0. The van der Waals surface area contributed by atoms with Crippen molar-refractivity contribution in [3.63, 3.8) is 0 Å². The first-order valence-electron chi connectivity index (χ1n) is 6.10. The summed E-state index contributed by atoms with van der Waals surface area (Å²) in [6.45, 7) is 10.4. The second-order valence-electron chi connectivity index (χ2n) is 6.52. The first-order chi connectivity index (χ1) is 8.09. The SMILES string of the molecule is CC(C)(C)CC(C)(C)NC(=O)c1cc[nH]c(=O)c1. The van der Waals surface area contributed by atoms with Crippen LogP contribution >= 0.6 is 0 Å². The van der Waals surface area contributed by atoms with Crippen LogP contribution in [0.3, 0.4) is 0 Å². The first kappa shape index (κ1) is 14.5. The zero-order valence-corrected chi connectivity index (χ0v) is 11.8. The molecule has 0 aliphatic carbocycles. The molecule has 1 heterocycles. The summed E-state index contributed by atoms with van der Waals surface area (Å²) in [5.41, 5.74) is -0.0555. The average Bonchev–Trinajstić information content (AvgIpc) is 2.12. The molecule has 0 saturated heterocycles. The summed E-state index contributed by atoms with van der Waals surface area (Å²) in [6.07, 6.45) is 2.34. The van der Waals surface area contributed by atoms with Gasteiger partial charge in [0.2, 0.25) is 5.56 Å². The van der Waals surface area contributed by atoms with Crippen LogP contribution in [0.4, 0.5) is 0 Å². The molecule has 0 atom stereocenters. The summed E-state index contributed by atoms with van der Waals surface area (Å²) < 4.78 is 0. The summed E-state index contributed by atoms with van der Waals surface area (Å²) in [5.74, 6) is -0.213. The molecular formula is C14H22N2O2. The first-order valence-corrected chi connectivity index (χ1v) is 6.10. The third-order valence-electron chi connectivity index (χ3n) is 2.46. The van der Waals surface area contributed by atoms with E-state index in [1.165, 1.54) is 12.3 Å². The minimum Gasteiger partial charge on any atom is -0.347 e. The van der Waals surface area contributed by atoms with E-state index in [4.69, 9.17) is 0 Å². The molecule has 0 aromatic carbocycles. The normalized spacial score (nSPS) is 12.3. The van der Waals surface area contributed by atoms with Gasteiger partial charge in [0.25, 0.3) is 5.91 Å². The minimum absolute atomic E-state index is 0.130. The molecule has 2 N–H and O–H groups in total. The van der Waals surface area contributed by atoms with Crippen molar-refractivity contribution < 1.29 is 4.79 Å². The van der Waals surface area contributed by atoms with Gasteiger partial charge in [0.1, 0.15) is 0 Å². The molecule has 1 aromatic rings. The van der Waals surface area contributed by atoms with Crippen LogP contribution in [0.5, 0.6) is 0 Å². The maximum Gasteiger partial charge on any atom is 0.251 e. The van der Waals surface area contributed by atoms with E-state index in [0.717, 1.165) is 6.42 Å². The van der Waals surface area contributed by atoms with Gasteiger partial charge in [-0.05, 0) is 31.7 Å². The topological polar surface area (TPSA) is 62.0 Å². The van der Waals surface area contributed by atoms with Gasteiger partial charge in [-0.15, -0.1) is 0 Å². The molecule has 0 spiro atoms. The average molecular weight is 250 g/mol. The number of hydrogen-bond donors (Lipinski definition) is 2. The summed E-state index contributed by atoms with van der Waals surface area (Å²) in [6, 6.07) is 2.91.